The first-order chi connectivity index (χ1) is 20.2. The molecular weight excluding hydrogens is 552 g/mol. The number of nitrogens with zero attached hydrogens (tertiary/aromatic N) is 2. The molecule has 0 aliphatic carbocycles. The normalized spacial score (nSPS) is 19.0. The number of hydrogen-bond acceptors (Lipinski definition) is 8. The van der Waals surface area contributed by atoms with Crippen molar-refractivity contribution in [2.75, 3.05) is 11.9 Å². The van der Waals surface area contributed by atoms with Gasteiger partial charge in [0.05, 0.1) is 11.1 Å². The number of carbonyl (C=O) groups excluding carboxylic acids is 3. The van der Waals surface area contributed by atoms with Crippen LogP contribution in [0, 0.1) is 0 Å². The average molecular weight is 576 g/mol. The van der Waals surface area contributed by atoms with E-state index >= 15 is 8.78 Å². The molecule has 0 unspecified atom stereocenters. The molecule has 1 amide bonds. The van der Waals surface area contributed by atoms with Crippen molar-refractivity contribution >= 4 is 23.7 Å². The highest BCUT2D eigenvalue weighted by Crippen LogP contribution is 2.43. The largest absolute Gasteiger partial charge is 0.459 e. The van der Waals surface area contributed by atoms with Gasteiger partial charge in [-0.05, 0) is 42.5 Å². The summed E-state index contributed by atoms with van der Waals surface area (Å²) < 4.78 is 47.9. The Morgan fingerprint density at radius 2 is 1.38 bits per heavy atom. The lowest BCUT2D eigenvalue weighted by atomic mass is 10.1. The summed E-state index contributed by atoms with van der Waals surface area (Å²) in [7, 11) is 0. The molecule has 2 heterocycles. The molecule has 3 aromatic carbocycles. The van der Waals surface area contributed by atoms with E-state index in [1.54, 1.807) is 54.6 Å². The summed E-state index contributed by atoms with van der Waals surface area (Å²) >= 11 is 0. The summed E-state index contributed by atoms with van der Waals surface area (Å²) in [6.45, 7) is -0.899. The third kappa shape index (κ3) is 6.08. The van der Waals surface area contributed by atoms with Crippen molar-refractivity contribution in [2.24, 2.45) is 0 Å². The monoisotopic (exact) mass is 575 g/mol. The quantitative estimate of drug-likeness (QED) is 0.311. The van der Waals surface area contributed by atoms with E-state index in [0.29, 0.717) is 10.1 Å². The molecule has 1 N–H and O–H groups in total. The van der Waals surface area contributed by atoms with E-state index in [2.05, 4.69) is 10.3 Å². The van der Waals surface area contributed by atoms with Gasteiger partial charge in [0.1, 0.15) is 12.4 Å². The number of ether oxygens (including phenoxy) is 3. The van der Waals surface area contributed by atoms with Crippen LogP contribution in [0.2, 0.25) is 0 Å². The number of aromatic nitrogens is 2. The van der Waals surface area contributed by atoms with Crippen molar-refractivity contribution in [3.8, 4) is 0 Å². The Morgan fingerprint density at radius 1 is 0.833 bits per heavy atom. The van der Waals surface area contributed by atoms with Crippen LogP contribution in [0.4, 0.5) is 14.6 Å². The van der Waals surface area contributed by atoms with E-state index in [9.17, 15) is 19.2 Å². The van der Waals surface area contributed by atoms with Gasteiger partial charge in [0, 0.05) is 11.8 Å². The summed E-state index contributed by atoms with van der Waals surface area (Å²) in [5.74, 6) is -6.52. The van der Waals surface area contributed by atoms with Gasteiger partial charge >= 0.3 is 23.6 Å². The van der Waals surface area contributed by atoms with Crippen LogP contribution >= 0.6 is 0 Å². The van der Waals surface area contributed by atoms with Crippen LogP contribution in [0.5, 0.6) is 0 Å². The smallest absolute Gasteiger partial charge is 0.351 e. The molecule has 1 aromatic heterocycles. The topological polar surface area (TPSA) is 126 Å². The minimum atomic E-state index is -3.90. The third-order valence-electron chi connectivity index (χ3n) is 6.37. The van der Waals surface area contributed by atoms with Crippen molar-refractivity contribution < 1.29 is 37.4 Å². The molecule has 4 aromatic rings. The van der Waals surface area contributed by atoms with Crippen LogP contribution in [0.25, 0.3) is 0 Å². The number of nitrogens with one attached hydrogen (secondary N) is 1. The number of alkyl halides is 2. The molecule has 1 fully saturated rings. The SMILES string of the molecule is O=C(Nc1ccn([C@H]2O[C@@H](COC(=O)c3ccccc3)C(F)(F)[C@@H]2OC(=O)c2ccccc2)c(=O)n1)c1ccccc1. The van der Waals surface area contributed by atoms with Crippen molar-refractivity contribution in [1.29, 1.82) is 0 Å². The predicted molar refractivity (Wildman–Crippen MR) is 144 cm³/mol. The first-order valence-corrected chi connectivity index (χ1v) is 12.7. The lowest BCUT2D eigenvalue weighted by molar-refractivity contribution is -0.127. The van der Waals surface area contributed by atoms with Gasteiger partial charge in [-0.15, -0.1) is 0 Å². The van der Waals surface area contributed by atoms with E-state index in [1.807, 2.05) is 0 Å². The first-order valence-electron chi connectivity index (χ1n) is 12.7. The molecule has 214 valence electrons. The van der Waals surface area contributed by atoms with Crippen LogP contribution < -0.4 is 11.0 Å². The summed E-state index contributed by atoms with van der Waals surface area (Å²) in [5, 5.41) is 2.46. The maximum Gasteiger partial charge on any atom is 0.351 e. The summed E-state index contributed by atoms with van der Waals surface area (Å²) in [6.07, 6.45) is -5.13. The molecule has 0 radical (unpaired) electrons. The number of rotatable bonds is 8. The molecule has 12 heteroatoms. The first kappa shape index (κ1) is 28.3. The van der Waals surface area contributed by atoms with E-state index in [1.165, 1.54) is 42.5 Å². The number of amides is 1. The van der Waals surface area contributed by atoms with Crippen LogP contribution in [-0.2, 0) is 14.2 Å². The maximum atomic E-state index is 15.7. The van der Waals surface area contributed by atoms with Crippen LogP contribution in [0.1, 0.15) is 37.3 Å². The second-order valence-electron chi connectivity index (χ2n) is 9.17. The molecule has 42 heavy (non-hydrogen) atoms. The van der Waals surface area contributed by atoms with Crippen molar-refractivity contribution in [2.45, 2.75) is 24.4 Å². The van der Waals surface area contributed by atoms with Gasteiger partial charge < -0.3 is 19.5 Å². The number of carbonyl (C=O) groups is 3. The van der Waals surface area contributed by atoms with Gasteiger partial charge in [-0.25, -0.2) is 14.4 Å². The van der Waals surface area contributed by atoms with E-state index in [4.69, 9.17) is 14.2 Å². The highest BCUT2D eigenvalue weighted by molar-refractivity contribution is 6.03. The Kier molecular flexibility index (Phi) is 8.16. The molecule has 1 aliphatic rings. The number of hydrogen-bond donors (Lipinski definition) is 1. The average Bonchev–Trinajstić information content (AvgIpc) is 3.25. The Bertz CT molecular complexity index is 1630. The fourth-order valence-electron chi connectivity index (χ4n) is 4.22. The van der Waals surface area contributed by atoms with Gasteiger partial charge in [-0.1, -0.05) is 54.6 Å². The highest BCUT2D eigenvalue weighted by Gasteiger charge is 2.62. The summed E-state index contributed by atoms with van der Waals surface area (Å²) in [5.41, 5.74) is -0.626. The molecule has 0 saturated carbocycles. The fourth-order valence-corrected chi connectivity index (χ4v) is 4.22. The van der Waals surface area contributed by atoms with Gasteiger partial charge in [0.25, 0.3) is 5.91 Å². The highest BCUT2D eigenvalue weighted by atomic mass is 19.3. The molecule has 1 aliphatic heterocycles. The standard InChI is InChI=1S/C30H23F2N3O7/c31-30(32)22(18-40-27(37)20-12-6-2-7-13-20)41-26(24(30)42-28(38)21-14-8-3-9-15-21)35-17-16-23(34-29(35)39)33-25(36)19-10-4-1-5-11-19/h1-17,22,24,26H,18H2,(H,33,34,36,39)/t22-,24+,26-/m0/s1. The zero-order chi connectivity index (χ0) is 29.7. The van der Waals surface area contributed by atoms with E-state index in [0.717, 1.165) is 6.20 Å². The molecular formula is C30H23F2N3O7. The summed E-state index contributed by atoms with van der Waals surface area (Å²) in [4.78, 5) is 54.3. The van der Waals surface area contributed by atoms with Gasteiger partial charge in [-0.3, -0.25) is 9.36 Å². The molecule has 0 bridgehead atoms. The minimum absolute atomic E-state index is 0.00421. The molecule has 0 spiro atoms. The van der Waals surface area contributed by atoms with E-state index in [-0.39, 0.29) is 16.9 Å². The Labute approximate surface area is 237 Å². The number of halogens is 2. The van der Waals surface area contributed by atoms with Crippen molar-refractivity contribution in [1.82, 2.24) is 9.55 Å². The second-order valence-corrected chi connectivity index (χ2v) is 9.17. The lowest BCUT2D eigenvalue weighted by Gasteiger charge is -2.24. The molecule has 10 nitrogen and oxygen atoms in total. The maximum absolute atomic E-state index is 15.7. The van der Waals surface area contributed by atoms with Crippen molar-refractivity contribution in [3.63, 3.8) is 0 Å². The number of benzene rings is 3. The Morgan fingerprint density at radius 3 is 1.95 bits per heavy atom. The molecule has 1 saturated heterocycles. The lowest BCUT2D eigenvalue weighted by Crippen LogP contribution is -2.45. The molecule has 3 atom stereocenters. The Balaban J connectivity index is 1.40. The summed E-state index contributed by atoms with van der Waals surface area (Å²) in [6, 6.07) is 24.5. The van der Waals surface area contributed by atoms with Crippen LogP contribution in [0.15, 0.2) is 108 Å². The van der Waals surface area contributed by atoms with E-state index < -0.39 is 54.5 Å². The minimum Gasteiger partial charge on any atom is -0.459 e. The van der Waals surface area contributed by atoms with Crippen LogP contribution in [-0.4, -0.2) is 52.1 Å². The zero-order valence-corrected chi connectivity index (χ0v) is 21.8. The van der Waals surface area contributed by atoms with Crippen molar-refractivity contribution in [3.05, 3.63) is 130 Å². The van der Waals surface area contributed by atoms with Gasteiger partial charge in [0.2, 0.25) is 6.10 Å². The zero-order valence-electron chi connectivity index (χ0n) is 21.8. The fraction of sp³-hybridized carbons (Fsp3) is 0.167. The second kappa shape index (κ2) is 12.1. The Hall–Kier alpha value is -5.23. The van der Waals surface area contributed by atoms with Gasteiger partial charge in [0.15, 0.2) is 12.3 Å². The number of anilines is 1. The van der Waals surface area contributed by atoms with Gasteiger partial charge in [-0.2, -0.15) is 13.8 Å². The number of esters is 2. The van der Waals surface area contributed by atoms with Crippen LogP contribution in [0.3, 0.4) is 0 Å². The third-order valence-corrected chi connectivity index (χ3v) is 6.37. The molecule has 5 rings (SSSR count). The predicted octanol–water partition coefficient (Wildman–Crippen LogP) is 4.11.